The molecule has 0 amide bonds. The summed E-state index contributed by atoms with van der Waals surface area (Å²) in [6.45, 7) is 0. The van der Waals surface area contributed by atoms with E-state index in [1.165, 1.54) is 12.8 Å². The lowest BCUT2D eigenvalue weighted by atomic mass is 10.0. The highest BCUT2D eigenvalue weighted by atomic mass is 19.1. The highest BCUT2D eigenvalue weighted by Gasteiger charge is 2.36. The number of hydrogen-bond donors (Lipinski definition) is 0. The Bertz CT molecular complexity index is 589. The molecule has 4 rings (SSSR count). The minimum Gasteiger partial charge on any atom is -0.239 e. The van der Waals surface area contributed by atoms with Gasteiger partial charge < -0.3 is 0 Å². The molecule has 0 radical (unpaired) electrons. The molecular weight excluding hydrogens is 241 g/mol. The van der Waals surface area contributed by atoms with E-state index in [4.69, 9.17) is 0 Å². The third kappa shape index (κ3) is 1.95. The third-order valence-corrected chi connectivity index (χ3v) is 4.06. The van der Waals surface area contributed by atoms with Crippen LogP contribution in [0, 0.1) is 5.92 Å². The fraction of sp³-hybridized carbons (Fsp3) is 0.467. The topological polar surface area (TPSA) is 30.7 Å². The van der Waals surface area contributed by atoms with Crippen molar-refractivity contribution in [2.45, 2.75) is 37.9 Å². The van der Waals surface area contributed by atoms with Gasteiger partial charge in [0.05, 0.1) is 6.04 Å². The van der Waals surface area contributed by atoms with E-state index < -0.39 is 6.17 Å². The van der Waals surface area contributed by atoms with E-state index in [-0.39, 0.29) is 6.04 Å². The average Bonchev–Trinajstić information content (AvgIpc) is 3.05. The highest BCUT2D eigenvalue weighted by molar-refractivity contribution is 5.23. The van der Waals surface area contributed by atoms with Gasteiger partial charge in [-0.15, -0.1) is 0 Å². The van der Waals surface area contributed by atoms with E-state index in [1.807, 2.05) is 30.3 Å². The second-order valence-electron chi connectivity index (χ2n) is 5.61. The number of fused-ring (bicyclic) bond motifs is 1. The lowest BCUT2D eigenvalue weighted by Crippen LogP contribution is -2.08. The zero-order chi connectivity index (χ0) is 12.8. The smallest absolute Gasteiger partial charge is 0.162 e. The standard InChI is InChI=1S/C15H16FN3/c16-12-9-13(11-4-2-1-3-5-11)19-15(12)17-14(18-19)8-10-6-7-10/h1-5,10,12-13H,6-9H2. The summed E-state index contributed by atoms with van der Waals surface area (Å²) in [6.07, 6.45) is 2.93. The Hall–Kier alpha value is -1.71. The number of rotatable bonds is 3. The van der Waals surface area contributed by atoms with Crippen LogP contribution in [0.5, 0.6) is 0 Å². The van der Waals surface area contributed by atoms with Crippen molar-refractivity contribution in [3.05, 3.63) is 47.5 Å². The van der Waals surface area contributed by atoms with Crippen LogP contribution in [0.15, 0.2) is 30.3 Å². The molecule has 1 aromatic heterocycles. The maximum Gasteiger partial charge on any atom is 0.162 e. The molecule has 1 saturated carbocycles. The van der Waals surface area contributed by atoms with Gasteiger partial charge in [0, 0.05) is 12.8 Å². The second kappa shape index (κ2) is 4.15. The molecule has 2 aromatic rings. The summed E-state index contributed by atoms with van der Waals surface area (Å²) in [6, 6.07) is 10.0. The average molecular weight is 257 g/mol. The molecule has 0 bridgehead atoms. The van der Waals surface area contributed by atoms with Crippen molar-refractivity contribution < 1.29 is 4.39 Å². The van der Waals surface area contributed by atoms with E-state index in [2.05, 4.69) is 10.1 Å². The van der Waals surface area contributed by atoms with Crippen LogP contribution in [0.3, 0.4) is 0 Å². The lowest BCUT2D eigenvalue weighted by molar-refractivity contribution is 0.328. The molecule has 1 aromatic carbocycles. The number of hydrogen-bond acceptors (Lipinski definition) is 2. The van der Waals surface area contributed by atoms with Crippen LogP contribution in [-0.4, -0.2) is 14.8 Å². The quantitative estimate of drug-likeness (QED) is 0.845. The molecule has 1 fully saturated rings. The van der Waals surface area contributed by atoms with Gasteiger partial charge in [-0.3, -0.25) is 0 Å². The highest BCUT2D eigenvalue weighted by Crippen LogP contribution is 2.40. The van der Waals surface area contributed by atoms with Crippen molar-refractivity contribution >= 4 is 0 Å². The molecule has 0 spiro atoms. The molecule has 0 saturated heterocycles. The molecule has 0 N–H and O–H groups in total. The molecule has 3 nitrogen and oxygen atoms in total. The van der Waals surface area contributed by atoms with Crippen molar-refractivity contribution in [3.63, 3.8) is 0 Å². The normalized spacial score (nSPS) is 25.5. The minimum atomic E-state index is -0.981. The molecule has 2 heterocycles. The van der Waals surface area contributed by atoms with E-state index in [9.17, 15) is 4.39 Å². The first-order valence-corrected chi connectivity index (χ1v) is 6.95. The van der Waals surface area contributed by atoms with Crippen molar-refractivity contribution in [2.24, 2.45) is 5.92 Å². The van der Waals surface area contributed by atoms with Gasteiger partial charge in [0.1, 0.15) is 0 Å². The minimum absolute atomic E-state index is 0.00616. The van der Waals surface area contributed by atoms with Crippen LogP contribution in [0.25, 0.3) is 0 Å². The predicted molar refractivity (Wildman–Crippen MR) is 69.5 cm³/mol. The fourth-order valence-corrected chi connectivity index (χ4v) is 2.84. The Morgan fingerprint density at radius 2 is 2.00 bits per heavy atom. The molecule has 98 valence electrons. The number of halogens is 1. The summed E-state index contributed by atoms with van der Waals surface area (Å²) in [5.74, 6) is 2.07. The molecule has 2 aliphatic rings. The second-order valence-corrected chi connectivity index (χ2v) is 5.61. The summed E-state index contributed by atoms with van der Waals surface area (Å²) in [4.78, 5) is 4.40. The van der Waals surface area contributed by atoms with Gasteiger partial charge in [-0.2, -0.15) is 5.10 Å². The van der Waals surface area contributed by atoms with Gasteiger partial charge in [-0.1, -0.05) is 30.3 Å². The fourth-order valence-electron chi connectivity index (χ4n) is 2.84. The van der Waals surface area contributed by atoms with Gasteiger partial charge in [0.15, 0.2) is 17.8 Å². The maximum absolute atomic E-state index is 14.1. The molecule has 19 heavy (non-hydrogen) atoms. The largest absolute Gasteiger partial charge is 0.239 e. The van der Waals surface area contributed by atoms with Gasteiger partial charge in [-0.05, 0) is 24.3 Å². The Morgan fingerprint density at radius 3 is 2.74 bits per heavy atom. The zero-order valence-corrected chi connectivity index (χ0v) is 10.7. The first kappa shape index (κ1) is 11.1. The molecular formula is C15H16FN3. The summed E-state index contributed by atoms with van der Waals surface area (Å²) < 4.78 is 15.9. The van der Waals surface area contributed by atoms with Gasteiger partial charge in [-0.25, -0.2) is 14.1 Å². The predicted octanol–water partition coefficient (Wildman–Crippen LogP) is 3.23. The van der Waals surface area contributed by atoms with Crippen molar-refractivity contribution in [3.8, 4) is 0 Å². The van der Waals surface area contributed by atoms with Crippen molar-refractivity contribution in [2.75, 3.05) is 0 Å². The molecule has 1 aliphatic heterocycles. The van der Waals surface area contributed by atoms with Crippen molar-refractivity contribution in [1.82, 2.24) is 14.8 Å². The summed E-state index contributed by atoms with van der Waals surface area (Å²) in [5, 5.41) is 4.54. The monoisotopic (exact) mass is 257 g/mol. The Labute approximate surface area is 111 Å². The summed E-state index contributed by atoms with van der Waals surface area (Å²) >= 11 is 0. The molecule has 4 heteroatoms. The number of alkyl halides is 1. The van der Waals surface area contributed by atoms with Gasteiger partial charge in [0.25, 0.3) is 0 Å². The Kier molecular flexibility index (Phi) is 2.43. The van der Waals surface area contributed by atoms with Crippen LogP contribution in [0.1, 0.15) is 48.7 Å². The number of nitrogens with zero attached hydrogens (tertiary/aromatic N) is 3. The summed E-state index contributed by atoms with van der Waals surface area (Å²) in [7, 11) is 0. The lowest BCUT2D eigenvalue weighted by Gasteiger charge is -2.11. The van der Waals surface area contributed by atoms with E-state index in [0.717, 1.165) is 23.7 Å². The molecule has 2 unspecified atom stereocenters. The van der Waals surface area contributed by atoms with Crippen LogP contribution >= 0.6 is 0 Å². The SMILES string of the molecule is FC1CC(c2ccccc2)n2nc(CC3CC3)nc21. The molecule has 2 atom stereocenters. The Morgan fingerprint density at radius 1 is 1.21 bits per heavy atom. The van der Waals surface area contributed by atoms with E-state index in [1.54, 1.807) is 4.68 Å². The summed E-state index contributed by atoms with van der Waals surface area (Å²) in [5.41, 5.74) is 1.12. The van der Waals surface area contributed by atoms with Crippen LogP contribution in [-0.2, 0) is 6.42 Å². The van der Waals surface area contributed by atoms with E-state index >= 15 is 0 Å². The first-order valence-electron chi connectivity index (χ1n) is 6.95. The third-order valence-electron chi connectivity index (χ3n) is 4.06. The zero-order valence-electron chi connectivity index (χ0n) is 10.7. The first-order chi connectivity index (χ1) is 9.31. The van der Waals surface area contributed by atoms with Crippen LogP contribution < -0.4 is 0 Å². The Balaban J connectivity index is 1.68. The van der Waals surface area contributed by atoms with Gasteiger partial charge >= 0.3 is 0 Å². The molecule has 1 aliphatic carbocycles. The van der Waals surface area contributed by atoms with Gasteiger partial charge in [0.2, 0.25) is 0 Å². The maximum atomic E-state index is 14.1. The van der Waals surface area contributed by atoms with Crippen LogP contribution in [0.4, 0.5) is 4.39 Å². The van der Waals surface area contributed by atoms with E-state index in [0.29, 0.717) is 12.2 Å². The number of aromatic nitrogens is 3. The van der Waals surface area contributed by atoms with Crippen molar-refractivity contribution in [1.29, 1.82) is 0 Å². The number of benzene rings is 1. The van der Waals surface area contributed by atoms with Crippen LogP contribution in [0.2, 0.25) is 0 Å².